The van der Waals surface area contributed by atoms with Crippen LogP contribution in [0.2, 0.25) is 0 Å². The van der Waals surface area contributed by atoms with Crippen LogP contribution in [-0.4, -0.2) is 38.1 Å². The third-order valence-corrected chi connectivity index (χ3v) is 2.33. The molecule has 5 nitrogen and oxygen atoms in total. The maximum absolute atomic E-state index is 13.4. The fraction of sp³-hybridized carbons (Fsp3) is 0.364. The Morgan fingerprint density at radius 2 is 1.89 bits per heavy atom. The van der Waals surface area contributed by atoms with E-state index >= 15 is 0 Å². The van der Waals surface area contributed by atoms with E-state index in [1.165, 1.54) is 14.2 Å². The topological polar surface area (TPSA) is 67.8 Å². The van der Waals surface area contributed by atoms with E-state index in [1.54, 1.807) is 0 Å². The fourth-order valence-electron chi connectivity index (χ4n) is 1.29. The van der Waals surface area contributed by atoms with Gasteiger partial charge in [-0.2, -0.15) is 4.39 Å². The van der Waals surface area contributed by atoms with Crippen molar-refractivity contribution in [2.45, 2.75) is 6.29 Å². The highest BCUT2D eigenvalue weighted by molar-refractivity contribution is 5.94. The molecule has 0 spiro atoms. The number of phenolic OH excluding ortho intramolecular Hbond substituents is 1. The predicted molar refractivity (Wildman–Crippen MR) is 58.1 cm³/mol. The molecule has 19 heavy (non-hydrogen) atoms. The number of benzene rings is 1. The second-order valence-electron chi connectivity index (χ2n) is 3.49. The lowest BCUT2D eigenvalue weighted by molar-refractivity contribution is -0.0974. The molecule has 8 heteroatoms. The molecule has 1 aromatic rings. The summed E-state index contributed by atoms with van der Waals surface area (Å²) in [5, 5.41) is 11.2. The van der Waals surface area contributed by atoms with Crippen molar-refractivity contribution in [2.24, 2.45) is 0 Å². The van der Waals surface area contributed by atoms with Gasteiger partial charge in [0.25, 0.3) is 5.91 Å². The van der Waals surface area contributed by atoms with Gasteiger partial charge in [0.15, 0.2) is 23.7 Å². The van der Waals surface area contributed by atoms with Crippen molar-refractivity contribution < 1.29 is 32.5 Å². The molecule has 0 aliphatic rings. The van der Waals surface area contributed by atoms with E-state index in [0.717, 1.165) is 0 Å². The Bertz CT molecular complexity index is 477. The first-order valence-electron chi connectivity index (χ1n) is 5.12. The van der Waals surface area contributed by atoms with Crippen LogP contribution in [0, 0.1) is 17.5 Å². The quantitative estimate of drug-likeness (QED) is 0.627. The molecule has 1 rings (SSSR count). The summed E-state index contributed by atoms with van der Waals surface area (Å²) in [5.74, 6) is -7.39. The molecule has 0 saturated heterocycles. The van der Waals surface area contributed by atoms with Crippen LogP contribution in [0.15, 0.2) is 6.07 Å². The number of hydrogen-bond acceptors (Lipinski definition) is 4. The lowest BCUT2D eigenvalue weighted by atomic mass is 10.1. The van der Waals surface area contributed by atoms with Crippen LogP contribution in [0.25, 0.3) is 0 Å². The van der Waals surface area contributed by atoms with Gasteiger partial charge in [-0.05, 0) is 6.07 Å². The van der Waals surface area contributed by atoms with E-state index in [2.05, 4.69) is 5.32 Å². The summed E-state index contributed by atoms with van der Waals surface area (Å²) in [6, 6.07) is 0.355. The van der Waals surface area contributed by atoms with Crippen LogP contribution in [0.5, 0.6) is 5.75 Å². The molecule has 0 bridgehead atoms. The van der Waals surface area contributed by atoms with Gasteiger partial charge in [-0.3, -0.25) is 4.79 Å². The van der Waals surface area contributed by atoms with E-state index in [9.17, 15) is 18.0 Å². The molecule has 0 fully saturated rings. The van der Waals surface area contributed by atoms with E-state index in [1.807, 2.05) is 0 Å². The van der Waals surface area contributed by atoms with E-state index < -0.39 is 41.0 Å². The zero-order chi connectivity index (χ0) is 14.6. The number of phenols is 1. The smallest absolute Gasteiger partial charge is 0.254 e. The molecule has 106 valence electrons. The number of hydrogen-bond donors (Lipinski definition) is 2. The summed E-state index contributed by atoms with van der Waals surface area (Å²) < 4.78 is 48.7. The molecule has 2 N–H and O–H groups in total. The molecular weight excluding hydrogens is 267 g/mol. The van der Waals surface area contributed by atoms with Crippen LogP contribution in [-0.2, 0) is 9.47 Å². The Kier molecular flexibility index (Phi) is 5.13. The van der Waals surface area contributed by atoms with Gasteiger partial charge >= 0.3 is 0 Å². The second-order valence-corrected chi connectivity index (χ2v) is 3.49. The third-order valence-electron chi connectivity index (χ3n) is 2.33. The summed E-state index contributed by atoms with van der Waals surface area (Å²) in [4.78, 5) is 11.6. The van der Waals surface area contributed by atoms with E-state index in [-0.39, 0.29) is 6.54 Å². The number of methoxy groups -OCH3 is 2. The number of carbonyl (C=O) groups is 1. The van der Waals surface area contributed by atoms with Gasteiger partial charge in [0, 0.05) is 14.2 Å². The van der Waals surface area contributed by atoms with Crippen molar-refractivity contribution in [1.29, 1.82) is 0 Å². The predicted octanol–water partition coefficient (Wildman–Crippen LogP) is 1.16. The summed E-state index contributed by atoms with van der Waals surface area (Å²) >= 11 is 0. The van der Waals surface area contributed by atoms with Crippen LogP contribution in [0.1, 0.15) is 10.4 Å². The Morgan fingerprint density at radius 3 is 2.42 bits per heavy atom. The van der Waals surface area contributed by atoms with Crippen LogP contribution in [0.3, 0.4) is 0 Å². The van der Waals surface area contributed by atoms with Crippen molar-refractivity contribution >= 4 is 5.91 Å². The number of amides is 1. The molecule has 0 aromatic heterocycles. The van der Waals surface area contributed by atoms with Gasteiger partial charge in [0.05, 0.1) is 12.1 Å². The van der Waals surface area contributed by atoms with Gasteiger partial charge in [-0.25, -0.2) is 8.78 Å². The maximum Gasteiger partial charge on any atom is 0.254 e. The summed E-state index contributed by atoms with van der Waals surface area (Å²) in [6.07, 6.45) is -0.772. The maximum atomic E-state index is 13.4. The molecule has 0 aliphatic carbocycles. The molecule has 1 amide bonds. The largest absolute Gasteiger partial charge is 0.503 e. The van der Waals surface area contributed by atoms with Crippen molar-refractivity contribution in [1.82, 2.24) is 5.32 Å². The monoisotopic (exact) mass is 279 g/mol. The highest BCUT2D eigenvalue weighted by Crippen LogP contribution is 2.25. The first kappa shape index (κ1) is 15.3. The number of ether oxygens (including phenoxy) is 2. The van der Waals surface area contributed by atoms with Gasteiger partial charge in [0.2, 0.25) is 5.82 Å². The lowest BCUT2D eigenvalue weighted by Gasteiger charge is -2.14. The Hall–Kier alpha value is -1.80. The summed E-state index contributed by atoms with van der Waals surface area (Å²) in [5.41, 5.74) is -0.817. The molecular formula is C11H12F3NO4. The molecule has 0 unspecified atom stereocenters. The molecule has 0 radical (unpaired) electrons. The summed E-state index contributed by atoms with van der Waals surface area (Å²) in [6.45, 7) is -0.134. The number of nitrogens with one attached hydrogen (secondary N) is 1. The highest BCUT2D eigenvalue weighted by Gasteiger charge is 2.22. The SMILES string of the molecule is COC(CNC(=O)c1cc(F)c(F)c(O)c1F)OC. The molecule has 0 aliphatic heterocycles. The van der Waals surface area contributed by atoms with Crippen LogP contribution >= 0.6 is 0 Å². The van der Waals surface area contributed by atoms with Crippen molar-refractivity contribution in [3.63, 3.8) is 0 Å². The minimum Gasteiger partial charge on any atom is -0.503 e. The number of aromatic hydroxyl groups is 1. The van der Waals surface area contributed by atoms with Gasteiger partial charge in [0.1, 0.15) is 0 Å². The number of carbonyl (C=O) groups excluding carboxylic acids is 1. The second kappa shape index (κ2) is 6.39. The number of rotatable bonds is 5. The molecule has 1 aromatic carbocycles. The van der Waals surface area contributed by atoms with Crippen LogP contribution < -0.4 is 5.32 Å². The Morgan fingerprint density at radius 1 is 1.32 bits per heavy atom. The standard InChI is InChI=1S/C11H12F3NO4/c1-18-7(19-2)4-15-11(17)5-3-6(12)9(14)10(16)8(5)13/h3,7,16H,4H2,1-2H3,(H,15,17). The van der Waals surface area contributed by atoms with Crippen molar-refractivity contribution in [3.05, 3.63) is 29.1 Å². The van der Waals surface area contributed by atoms with E-state index in [4.69, 9.17) is 14.6 Å². The third kappa shape index (κ3) is 3.36. The molecule has 0 heterocycles. The first-order chi connectivity index (χ1) is 8.92. The number of halogens is 3. The summed E-state index contributed by atoms with van der Waals surface area (Å²) in [7, 11) is 2.65. The highest BCUT2D eigenvalue weighted by atomic mass is 19.2. The Labute approximate surface area is 106 Å². The average Bonchev–Trinajstić information content (AvgIpc) is 2.41. The van der Waals surface area contributed by atoms with Crippen LogP contribution in [0.4, 0.5) is 13.2 Å². The first-order valence-corrected chi connectivity index (χ1v) is 5.12. The minimum atomic E-state index is -1.75. The van der Waals surface area contributed by atoms with Crippen molar-refractivity contribution in [3.8, 4) is 5.75 Å². The van der Waals surface area contributed by atoms with Gasteiger partial charge in [-0.1, -0.05) is 0 Å². The molecule has 0 saturated carbocycles. The van der Waals surface area contributed by atoms with Gasteiger partial charge < -0.3 is 19.9 Å². The zero-order valence-corrected chi connectivity index (χ0v) is 10.2. The lowest BCUT2D eigenvalue weighted by Crippen LogP contribution is -2.34. The van der Waals surface area contributed by atoms with Crippen molar-refractivity contribution in [2.75, 3.05) is 20.8 Å². The van der Waals surface area contributed by atoms with E-state index in [0.29, 0.717) is 6.07 Å². The normalized spacial score (nSPS) is 10.8. The Balaban J connectivity index is 2.89. The molecule has 0 atom stereocenters. The minimum absolute atomic E-state index is 0.134. The van der Waals surface area contributed by atoms with Gasteiger partial charge in [-0.15, -0.1) is 0 Å². The fourth-order valence-corrected chi connectivity index (χ4v) is 1.29. The average molecular weight is 279 g/mol. The zero-order valence-electron chi connectivity index (χ0n) is 10.2.